The summed E-state index contributed by atoms with van der Waals surface area (Å²) in [5, 5.41) is 6.68. The number of methoxy groups -OCH3 is 1. The van der Waals surface area contributed by atoms with Crippen molar-refractivity contribution in [2.75, 3.05) is 26.0 Å². The number of nitrogens with one attached hydrogen (secondary N) is 3. The van der Waals surface area contributed by atoms with Crippen molar-refractivity contribution in [1.29, 1.82) is 0 Å². The summed E-state index contributed by atoms with van der Waals surface area (Å²) < 4.78 is 5.39. The smallest absolute Gasteiger partial charge is 0.255 e. The molecule has 0 spiro atoms. The van der Waals surface area contributed by atoms with Gasteiger partial charge in [0.1, 0.15) is 18.3 Å². The van der Waals surface area contributed by atoms with E-state index in [1.165, 1.54) is 10.5 Å². The van der Waals surface area contributed by atoms with E-state index in [-0.39, 0.29) is 11.9 Å². The third-order valence-electron chi connectivity index (χ3n) is 5.42. The van der Waals surface area contributed by atoms with Crippen molar-refractivity contribution in [3.05, 3.63) is 58.6 Å². The van der Waals surface area contributed by atoms with Crippen LogP contribution >= 0.6 is 11.6 Å². The van der Waals surface area contributed by atoms with Crippen molar-refractivity contribution < 1.29 is 14.4 Å². The first-order chi connectivity index (χ1) is 13.0. The van der Waals surface area contributed by atoms with E-state index < -0.39 is 0 Å². The molecule has 3 N–H and O–H groups in total. The summed E-state index contributed by atoms with van der Waals surface area (Å²) in [6.07, 6.45) is 0.958. The molecule has 3 atom stereocenters. The molecule has 1 aliphatic rings. The molecule has 27 heavy (non-hydrogen) atoms. The minimum Gasteiger partial charge on any atom is -0.496 e. The topological polar surface area (TPSA) is 54.8 Å². The average Bonchev–Trinajstić information content (AvgIpc) is 3.02. The fourth-order valence-electron chi connectivity index (χ4n) is 3.75. The molecule has 5 nitrogen and oxygen atoms in total. The van der Waals surface area contributed by atoms with E-state index in [2.05, 4.69) is 41.8 Å². The molecule has 1 saturated heterocycles. The molecule has 6 heteroatoms. The van der Waals surface area contributed by atoms with Gasteiger partial charge in [0.15, 0.2) is 0 Å². The van der Waals surface area contributed by atoms with Gasteiger partial charge in [-0.2, -0.15) is 0 Å². The lowest BCUT2D eigenvalue weighted by Gasteiger charge is -2.22. The Hall–Kier alpha value is -2.24. The summed E-state index contributed by atoms with van der Waals surface area (Å²) in [4.78, 5) is 14.4. The maximum atomic E-state index is 12.9. The number of carbonyl (C=O) groups excluding carboxylic acids is 1. The number of anilines is 1. The Balaban J connectivity index is 1.69. The average molecular weight is 389 g/mol. The van der Waals surface area contributed by atoms with Gasteiger partial charge in [-0.05, 0) is 13.0 Å². The third kappa shape index (κ3) is 4.37. The molecule has 1 unspecified atom stereocenters. The predicted molar refractivity (Wildman–Crippen MR) is 109 cm³/mol. The second kappa shape index (κ2) is 8.63. The summed E-state index contributed by atoms with van der Waals surface area (Å²) in [7, 11) is 3.34. The highest BCUT2D eigenvalue weighted by Gasteiger charge is 2.36. The lowest BCUT2D eigenvalue weighted by molar-refractivity contribution is -0.924. The SMILES string of the molecule is CNc1cc(OC)c(C(=O)N[C@@H]2CC[NH+](Cc3ccccc3)[C@@H]2C)cc1Cl. The van der Waals surface area contributed by atoms with Crippen LogP contribution < -0.4 is 20.3 Å². The van der Waals surface area contributed by atoms with Gasteiger partial charge < -0.3 is 20.3 Å². The molecule has 144 valence electrons. The summed E-state index contributed by atoms with van der Waals surface area (Å²) in [5.74, 6) is 0.370. The lowest BCUT2D eigenvalue weighted by atomic mass is 10.1. The fourth-order valence-corrected chi connectivity index (χ4v) is 4.00. The molecular weight excluding hydrogens is 362 g/mol. The van der Waals surface area contributed by atoms with E-state index >= 15 is 0 Å². The van der Waals surface area contributed by atoms with Crippen LogP contribution in [0.3, 0.4) is 0 Å². The molecule has 0 aromatic heterocycles. The van der Waals surface area contributed by atoms with E-state index in [1.54, 1.807) is 26.3 Å². The summed E-state index contributed by atoms with van der Waals surface area (Å²) in [5.41, 5.74) is 2.52. The highest BCUT2D eigenvalue weighted by molar-refractivity contribution is 6.33. The largest absolute Gasteiger partial charge is 0.496 e. The number of carbonyl (C=O) groups is 1. The maximum absolute atomic E-state index is 12.9. The normalized spacial score (nSPS) is 21.7. The van der Waals surface area contributed by atoms with Crippen molar-refractivity contribution in [3.8, 4) is 5.75 Å². The maximum Gasteiger partial charge on any atom is 0.255 e. The zero-order chi connectivity index (χ0) is 19.4. The Morgan fingerprint density at radius 3 is 2.70 bits per heavy atom. The van der Waals surface area contributed by atoms with Crippen LogP contribution in [0.1, 0.15) is 29.3 Å². The molecule has 1 amide bonds. The number of ether oxygens (including phenoxy) is 1. The van der Waals surface area contributed by atoms with E-state index in [9.17, 15) is 4.79 Å². The molecule has 0 aliphatic carbocycles. The number of benzene rings is 2. The van der Waals surface area contributed by atoms with Crippen LogP contribution in [0.2, 0.25) is 5.02 Å². The minimum absolute atomic E-state index is 0.128. The van der Waals surface area contributed by atoms with Gasteiger partial charge in [-0.25, -0.2) is 0 Å². The minimum atomic E-state index is -0.144. The van der Waals surface area contributed by atoms with Gasteiger partial charge >= 0.3 is 0 Å². The van der Waals surface area contributed by atoms with Crippen LogP contribution in [-0.2, 0) is 6.54 Å². The van der Waals surface area contributed by atoms with E-state index in [4.69, 9.17) is 16.3 Å². The van der Waals surface area contributed by atoms with Crippen LogP contribution in [0, 0.1) is 0 Å². The van der Waals surface area contributed by atoms with Gasteiger partial charge in [0.2, 0.25) is 0 Å². The molecule has 1 fully saturated rings. The van der Waals surface area contributed by atoms with Gasteiger partial charge in [0.05, 0.1) is 36.0 Å². The highest BCUT2D eigenvalue weighted by Crippen LogP contribution is 2.30. The summed E-state index contributed by atoms with van der Waals surface area (Å²) in [6.45, 7) is 4.21. The Kier molecular flexibility index (Phi) is 6.24. The number of likely N-dealkylation sites (tertiary alicyclic amines) is 1. The van der Waals surface area contributed by atoms with Gasteiger partial charge in [-0.15, -0.1) is 0 Å². The van der Waals surface area contributed by atoms with Crippen LogP contribution in [0.25, 0.3) is 0 Å². The highest BCUT2D eigenvalue weighted by atomic mass is 35.5. The molecule has 0 radical (unpaired) electrons. The van der Waals surface area contributed by atoms with Crippen LogP contribution in [-0.4, -0.2) is 38.7 Å². The number of hydrogen-bond acceptors (Lipinski definition) is 3. The molecule has 0 saturated carbocycles. The third-order valence-corrected chi connectivity index (χ3v) is 5.73. The fraction of sp³-hybridized carbons (Fsp3) is 0.381. The van der Waals surface area contributed by atoms with Gasteiger partial charge in [0, 0.05) is 25.1 Å². The van der Waals surface area contributed by atoms with E-state index in [0.29, 0.717) is 22.4 Å². The molecule has 1 aliphatic heterocycles. The first kappa shape index (κ1) is 19.5. The van der Waals surface area contributed by atoms with E-state index in [0.717, 1.165) is 25.2 Å². The monoisotopic (exact) mass is 388 g/mol. The molecular formula is C21H27ClN3O2+. The molecule has 2 aromatic rings. The predicted octanol–water partition coefficient (Wildman–Crippen LogP) is 2.37. The van der Waals surface area contributed by atoms with Crippen molar-refractivity contribution in [2.45, 2.75) is 32.0 Å². The van der Waals surface area contributed by atoms with Crippen molar-refractivity contribution in [1.82, 2.24) is 5.32 Å². The van der Waals surface area contributed by atoms with E-state index in [1.807, 2.05) is 6.07 Å². The number of rotatable bonds is 6. The standard InChI is InChI=1S/C21H26ClN3O2/c1-14-18(9-10-25(14)13-15-7-5-4-6-8-15)24-21(26)16-11-17(22)19(23-2)12-20(16)27-3/h4-8,11-12,14,18,23H,9-10,13H2,1-3H3,(H,24,26)/p+1/t14-,18-/m1/s1. The number of quaternary nitrogens is 1. The Labute approximate surface area is 165 Å². The molecule has 1 heterocycles. The molecule has 0 bridgehead atoms. The van der Waals surface area contributed by atoms with Crippen molar-refractivity contribution in [2.24, 2.45) is 0 Å². The first-order valence-corrected chi connectivity index (χ1v) is 9.66. The quantitative estimate of drug-likeness (QED) is 0.712. The van der Waals surface area contributed by atoms with Crippen molar-refractivity contribution in [3.63, 3.8) is 0 Å². The molecule has 2 aromatic carbocycles. The van der Waals surface area contributed by atoms with Crippen LogP contribution in [0.5, 0.6) is 5.75 Å². The zero-order valence-corrected chi connectivity index (χ0v) is 16.8. The Morgan fingerprint density at radius 1 is 1.30 bits per heavy atom. The second-order valence-corrected chi connectivity index (χ2v) is 7.42. The van der Waals surface area contributed by atoms with Gasteiger partial charge in [0.25, 0.3) is 5.91 Å². The number of amides is 1. The number of hydrogen-bond donors (Lipinski definition) is 3. The van der Waals surface area contributed by atoms with Crippen LogP contribution in [0.15, 0.2) is 42.5 Å². The Morgan fingerprint density at radius 2 is 2.04 bits per heavy atom. The summed E-state index contributed by atoms with van der Waals surface area (Å²) in [6, 6.07) is 14.4. The second-order valence-electron chi connectivity index (χ2n) is 7.01. The van der Waals surface area contributed by atoms with Gasteiger partial charge in [-0.1, -0.05) is 41.9 Å². The number of halogens is 1. The van der Waals surface area contributed by atoms with Crippen molar-refractivity contribution >= 4 is 23.2 Å². The van der Waals surface area contributed by atoms with Crippen LogP contribution in [0.4, 0.5) is 5.69 Å². The lowest BCUT2D eigenvalue weighted by Crippen LogP contribution is -3.12. The molecule has 3 rings (SSSR count). The zero-order valence-electron chi connectivity index (χ0n) is 16.0. The first-order valence-electron chi connectivity index (χ1n) is 9.28. The summed E-state index contributed by atoms with van der Waals surface area (Å²) >= 11 is 6.26. The van der Waals surface area contributed by atoms with Gasteiger partial charge in [-0.3, -0.25) is 4.79 Å². The Bertz CT molecular complexity index is 798.